The minimum Gasteiger partial charge on any atom is -0.490 e. The van der Waals surface area contributed by atoms with Gasteiger partial charge in [-0.2, -0.15) is 4.79 Å². The van der Waals surface area contributed by atoms with Crippen molar-refractivity contribution in [3.05, 3.63) is 47.7 Å². The lowest BCUT2D eigenvalue weighted by Gasteiger charge is -2.09. The molecule has 0 aromatic heterocycles. The van der Waals surface area contributed by atoms with E-state index < -0.39 is 0 Å². The number of ether oxygens (including phenoxy) is 1. The Bertz CT molecular complexity index is 511. The van der Waals surface area contributed by atoms with Crippen molar-refractivity contribution >= 4 is 17.1 Å². The van der Waals surface area contributed by atoms with Crippen LogP contribution in [0.15, 0.2) is 47.2 Å². The van der Waals surface area contributed by atoms with Crippen LogP contribution in [-0.4, -0.2) is 23.3 Å². The molecule has 0 N–H and O–H groups in total. The molecule has 4 heteroatoms. The molecule has 1 aliphatic carbocycles. The van der Waals surface area contributed by atoms with Gasteiger partial charge in [-0.1, -0.05) is 18.2 Å². The number of rotatable bonds is 2. The molecule has 0 atom stereocenters. The molecule has 0 aliphatic heterocycles. The summed E-state index contributed by atoms with van der Waals surface area (Å²) in [6.07, 6.45) is 3.20. The van der Waals surface area contributed by atoms with Crippen LogP contribution in [0.5, 0.6) is 0 Å². The van der Waals surface area contributed by atoms with Crippen molar-refractivity contribution < 1.29 is 9.53 Å². The third-order valence-corrected chi connectivity index (χ3v) is 2.57. The molecular weight excluding hydrogens is 214 g/mol. The molecule has 1 aromatic carbocycles. The predicted molar refractivity (Wildman–Crippen MR) is 66.5 cm³/mol. The molecule has 0 saturated heterocycles. The quantitative estimate of drug-likeness (QED) is 0.566. The van der Waals surface area contributed by atoms with Gasteiger partial charge in [-0.3, -0.25) is 4.99 Å². The van der Waals surface area contributed by atoms with Crippen LogP contribution in [0, 0.1) is 0 Å². The van der Waals surface area contributed by atoms with E-state index in [0.29, 0.717) is 17.9 Å². The van der Waals surface area contributed by atoms with Crippen LogP contribution in [0.1, 0.15) is 12.8 Å². The summed E-state index contributed by atoms with van der Waals surface area (Å²) in [6.45, 7) is 0. The van der Waals surface area contributed by atoms with Gasteiger partial charge in [0.15, 0.2) is 0 Å². The van der Waals surface area contributed by atoms with Crippen molar-refractivity contribution in [3.8, 4) is 0 Å². The molecule has 0 bridgehead atoms. The average Bonchev–Trinajstić information content (AvgIpc) is 2.40. The van der Waals surface area contributed by atoms with Gasteiger partial charge in [-0.15, -0.1) is 0 Å². The molecule has 0 saturated carbocycles. The Hall–Kier alpha value is -2.19. The number of methoxy groups -OCH3 is 1. The summed E-state index contributed by atoms with van der Waals surface area (Å²) in [5, 5.41) is 0. The van der Waals surface area contributed by atoms with Gasteiger partial charge in [-0.05, 0) is 12.1 Å². The molecule has 17 heavy (non-hydrogen) atoms. The summed E-state index contributed by atoms with van der Waals surface area (Å²) in [6, 6.07) is 9.75. The van der Waals surface area contributed by atoms with E-state index in [1.54, 1.807) is 7.11 Å². The zero-order chi connectivity index (χ0) is 12.1. The molecule has 0 spiro atoms. The van der Waals surface area contributed by atoms with Gasteiger partial charge < -0.3 is 10.3 Å². The second-order valence-electron chi connectivity index (χ2n) is 3.70. The first-order chi connectivity index (χ1) is 8.33. The Balaban J connectivity index is 2.31. The van der Waals surface area contributed by atoms with E-state index in [0.717, 1.165) is 17.8 Å². The van der Waals surface area contributed by atoms with Crippen LogP contribution in [0.2, 0.25) is 0 Å². The summed E-state index contributed by atoms with van der Waals surface area (Å²) in [5.74, 6) is 0.577. The standard InChI is InChI=1S/C13H13N3O/c1-17-13-9-11(7-8-12(13)16-14)15-10-5-3-2-4-6-10/h2-6,9H,7-8H2,1H3. The van der Waals surface area contributed by atoms with Gasteiger partial charge in [0.1, 0.15) is 0 Å². The second-order valence-corrected chi connectivity index (χ2v) is 3.70. The van der Waals surface area contributed by atoms with Crippen LogP contribution in [0.4, 0.5) is 5.69 Å². The first-order valence-corrected chi connectivity index (χ1v) is 5.43. The SMILES string of the molecule is COC1=CC(=Nc2ccccc2)CCC1=[N+]=[N-]. The maximum atomic E-state index is 8.80. The molecule has 0 heterocycles. The molecule has 0 fully saturated rings. The summed E-state index contributed by atoms with van der Waals surface area (Å²) in [5.41, 5.74) is 11.2. The fourth-order valence-electron chi connectivity index (χ4n) is 1.71. The highest BCUT2D eigenvalue weighted by atomic mass is 16.5. The Kier molecular flexibility index (Phi) is 3.48. The van der Waals surface area contributed by atoms with Gasteiger partial charge in [0.25, 0.3) is 0 Å². The van der Waals surface area contributed by atoms with E-state index in [4.69, 9.17) is 10.3 Å². The number of hydrogen-bond acceptors (Lipinski definition) is 2. The van der Waals surface area contributed by atoms with Gasteiger partial charge >= 0.3 is 5.71 Å². The van der Waals surface area contributed by atoms with Crippen LogP contribution in [0.3, 0.4) is 0 Å². The van der Waals surface area contributed by atoms with Crippen LogP contribution in [-0.2, 0) is 4.74 Å². The largest absolute Gasteiger partial charge is 0.490 e. The van der Waals surface area contributed by atoms with Crippen LogP contribution in [0.25, 0.3) is 5.53 Å². The van der Waals surface area contributed by atoms with Crippen molar-refractivity contribution in [1.82, 2.24) is 0 Å². The highest BCUT2D eigenvalue weighted by Gasteiger charge is 2.22. The normalized spacial score (nSPS) is 17.6. The number of allylic oxidation sites excluding steroid dienone is 2. The van der Waals surface area contributed by atoms with E-state index in [1.807, 2.05) is 36.4 Å². The maximum Gasteiger partial charge on any atom is 0.333 e. The van der Waals surface area contributed by atoms with Gasteiger partial charge in [0.05, 0.1) is 19.2 Å². The van der Waals surface area contributed by atoms with Crippen LogP contribution >= 0.6 is 0 Å². The summed E-state index contributed by atoms with van der Waals surface area (Å²) in [7, 11) is 1.56. The number of para-hydroxylation sites is 1. The number of hydrogen-bond donors (Lipinski definition) is 0. The highest BCUT2D eigenvalue weighted by molar-refractivity contribution is 6.10. The first kappa shape index (κ1) is 11.3. The van der Waals surface area contributed by atoms with Gasteiger partial charge in [0.2, 0.25) is 5.76 Å². The Morgan fingerprint density at radius 1 is 1.24 bits per heavy atom. The third-order valence-electron chi connectivity index (χ3n) is 2.57. The van der Waals surface area contributed by atoms with Crippen LogP contribution < -0.4 is 0 Å². The predicted octanol–water partition coefficient (Wildman–Crippen LogP) is 2.75. The maximum absolute atomic E-state index is 8.80. The fourth-order valence-corrected chi connectivity index (χ4v) is 1.71. The lowest BCUT2D eigenvalue weighted by molar-refractivity contribution is -0.0118. The minimum atomic E-state index is 0.569. The molecular formula is C13H13N3O. The Morgan fingerprint density at radius 3 is 2.65 bits per heavy atom. The van der Waals surface area contributed by atoms with Crippen molar-refractivity contribution in [2.24, 2.45) is 4.99 Å². The van der Waals surface area contributed by atoms with E-state index in [9.17, 15) is 0 Å². The average molecular weight is 227 g/mol. The van der Waals surface area contributed by atoms with Gasteiger partial charge in [0, 0.05) is 18.2 Å². The minimum absolute atomic E-state index is 0.569. The molecule has 0 amide bonds. The van der Waals surface area contributed by atoms with Gasteiger partial charge in [-0.25, -0.2) is 0 Å². The second kappa shape index (κ2) is 5.23. The molecule has 1 aliphatic rings. The Labute approximate surface area is 99.9 Å². The van der Waals surface area contributed by atoms with Crippen molar-refractivity contribution in [2.45, 2.75) is 12.8 Å². The zero-order valence-corrected chi connectivity index (χ0v) is 9.63. The number of benzene rings is 1. The monoisotopic (exact) mass is 227 g/mol. The molecule has 0 radical (unpaired) electrons. The lowest BCUT2D eigenvalue weighted by atomic mass is 10.0. The fraction of sp³-hybridized carbons (Fsp3) is 0.231. The van der Waals surface area contributed by atoms with E-state index >= 15 is 0 Å². The molecule has 1 aromatic rings. The number of aliphatic imine (C=N–C) groups is 1. The third kappa shape index (κ3) is 2.68. The van der Waals surface area contributed by atoms with Crippen molar-refractivity contribution in [3.63, 3.8) is 0 Å². The molecule has 2 rings (SSSR count). The summed E-state index contributed by atoms with van der Waals surface area (Å²) < 4.78 is 5.15. The molecule has 0 unspecified atom stereocenters. The van der Waals surface area contributed by atoms with E-state index in [2.05, 4.69) is 9.78 Å². The Morgan fingerprint density at radius 2 is 2.00 bits per heavy atom. The van der Waals surface area contributed by atoms with Crippen molar-refractivity contribution in [2.75, 3.05) is 7.11 Å². The molecule has 86 valence electrons. The first-order valence-electron chi connectivity index (χ1n) is 5.43. The zero-order valence-electron chi connectivity index (χ0n) is 9.63. The van der Waals surface area contributed by atoms with Crippen molar-refractivity contribution in [1.29, 1.82) is 0 Å². The molecule has 4 nitrogen and oxygen atoms in total. The summed E-state index contributed by atoms with van der Waals surface area (Å²) in [4.78, 5) is 7.72. The van der Waals surface area contributed by atoms with E-state index in [1.165, 1.54) is 0 Å². The van der Waals surface area contributed by atoms with E-state index in [-0.39, 0.29) is 0 Å². The highest BCUT2D eigenvalue weighted by Crippen LogP contribution is 2.17. The smallest absolute Gasteiger partial charge is 0.333 e. The number of nitrogens with zero attached hydrogens (tertiary/aromatic N) is 3. The topological polar surface area (TPSA) is 58.0 Å². The summed E-state index contributed by atoms with van der Waals surface area (Å²) >= 11 is 0. The lowest BCUT2D eigenvalue weighted by Crippen LogP contribution is -2.15.